The average molecular weight is 431 g/mol. The van der Waals surface area contributed by atoms with E-state index in [9.17, 15) is 15.3 Å². The number of hydrogen-bond donors (Lipinski definition) is 3. The third kappa shape index (κ3) is 5.54. The van der Waals surface area contributed by atoms with E-state index in [2.05, 4.69) is 39.5 Å². The van der Waals surface area contributed by atoms with E-state index in [1.807, 2.05) is 13.8 Å². The van der Waals surface area contributed by atoms with Gasteiger partial charge in [0, 0.05) is 12.3 Å². The lowest BCUT2D eigenvalue weighted by atomic mass is 9.59. The lowest BCUT2D eigenvalue weighted by molar-refractivity contribution is 0.0333. The van der Waals surface area contributed by atoms with Crippen LogP contribution in [-0.2, 0) is 0 Å². The zero-order valence-corrected chi connectivity index (χ0v) is 20.5. The highest BCUT2D eigenvalue weighted by Gasteiger charge is 2.51. The highest BCUT2D eigenvalue weighted by atomic mass is 16.3. The van der Waals surface area contributed by atoms with Crippen molar-refractivity contribution in [3.63, 3.8) is 0 Å². The van der Waals surface area contributed by atoms with Crippen molar-refractivity contribution >= 4 is 0 Å². The zero-order valence-electron chi connectivity index (χ0n) is 20.5. The summed E-state index contributed by atoms with van der Waals surface area (Å²) in [5.41, 5.74) is 3.60. The third-order valence-electron chi connectivity index (χ3n) is 8.92. The molecule has 0 aromatic heterocycles. The Kier molecular flexibility index (Phi) is 7.61. The fourth-order valence-corrected chi connectivity index (χ4v) is 6.86. The fraction of sp³-hybridized carbons (Fsp3) is 0.786. The summed E-state index contributed by atoms with van der Waals surface area (Å²) in [7, 11) is 0. The number of aliphatic hydroxyl groups is 3. The Balaban J connectivity index is 1.75. The highest BCUT2D eigenvalue weighted by Crippen LogP contribution is 2.60. The fourth-order valence-electron chi connectivity index (χ4n) is 6.86. The lowest BCUT2D eigenvalue weighted by Gasteiger charge is -2.45. The minimum atomic E-state index is -0.564. The van der Waals surface area contributed by atoms with Gasteiger partial charge in [-0.15, -0.1) is 0 Å². The van der Waals surface area contributed by atoms with Crippen LogP contribution in [0, 0.1) is 29.1 Å². The number of hydrogen-bond acceptors (Lipinski definition) is 3. The molecule has 3 nitrogen and oxygen atoms in total. The Hall–Kier alpha value is -0.900. The van der Waals surface area contributed by atoms with Gasteiger partial charge in [0.25, 0.3) is 0 Å². The molecule has 3 aliphatic carbocycles. The van der Waals surface area contributed by atoms with Crippen LogP contribution in [-0.4, -0.2) is 33.1 Å². The Morgan fingerprint density at radius 3 is 2.61 bits per heavy atom. The Labute approximate surface area is 190 Å². The van der Waals surface area contributed by atoms with Crippen LogP contribution in [0.2, 0.25) is 0 Å². The van der Waals surface area contributed by atoms with Gasteiger partial charge in [-0.25, -0.2) is 0 Å². The molecule has 0 heterocycles. The van der Waals surface area contributed by atoms with Crippen LogP contribution >= 0.6 is 0 Å². The van der Waals surface area contributed by atoms with Crippen LogP contribution in [0.4, 0.5) is 0 Å². The molecule has 3 heteroatoms. The summed E-state index contributed by atoms with van der Waals surface area (Å²) < 4.78 is 0. The quantitative estimate of drug-likeness (QED) is 0.488. The molecule has 0 radical (unpaired) electrons. The van der Waals surface area contributed by atoms with E-state index < -0.39 is 17.8 Å². The van der Waals surface area contributed by atoms with Gasteiger partial charge in [-0.2, -0.15) is 0 Å². The standard InChI is InChI=1S/C28H46O3/c1-18-13-15-28(6)24(19(2)8-7-14-27(4,5)31)11-12-25(28)23(18)10-9-21-16-22(29)17-26(30)20(21)3/h9-10,19-20,22,24-26,29-31H,1,7-8,11-17H2,2-6H3/b21-9-,23-10-/t19-,20-,22-,24-,25+,26+,28-/m1/s1. The van der Waals surface area contributed by atoms with Crippen molar-refractivity contribution in [2.75, 3.05) is 0 Å². The van der Waals surface area contributed by atoms with Crippen LogP contribution in [0.5, 0.6) is 0 Å². The third-order valence-corrected chi connectivity index (χ3v) is 8.92. The van der Waals surface area contributed by atoms with E-state index in [4.69, 9.17) is 0 Å². The number of rotatable bonds is 6. The predicted octanol–water partition coefficient (Wildman–Crippen LogP) is 5.95. The summed E-state index contributed by atoms with van der Waals surface area (Å²) in [6.45, 7) is 15.2. The van der Waals surface area contributed by atoms with E-state index in [-0.39, 0.29) is 5.92 Å². The molecule has 3 fully saturated rings. The minimum absolute atomic E-state index is 0.107. The van der Waals surface area contributed by atoms with Gasteiger partial charge in [0.15, 0.2) is 0 Å². The molecule has 176 valence electrons. The first-order valence-corrected chi connectivity index (χ1v) is 12.6. The van der Waals surface area contributed by atoms with Crippen molar-refractivity contribution in [1.82, 2.24) is 0 Å². The molecule has 31 heavy (non-hydrogen) atoms. The minimum Gasteiger partial charge on any atom is -0.393 e. The Morgan fingerprint density at radius 1 is 1.23 bits per heavy atom. The van der Waals surface area contributed by atoms with E-state index in [1.165, 1.54) is 36.8 Å². The summed E-state index contributed by atoms with van der Waals surface area (Å²) in [4.78, 5) is 0. The molecule has 0 amide bonds. The first-order chi connectivity index (χ1) is 14.4. The molecule has 0 aromatic carbocycles. The van der Waals surface area contributed by atoms with Crippen molar-refractivity contribution in [2.45, 2.75) is 110 Å². The van der Waals surface area contributed by atoms with E-state index >= 15 is 0 Å². The van der Waals surface area contributed by atoms with Gasteiger partial charge >= 0.3 is 0 Å². The van der Waals surface area contributed by atoms with E-state index in [0.717, 1.165) is 30.8 Å². The number of allylic oxidation sites excluding steroid dienone is 4. The second-order valence-electron chi connectivity index (χ2n) is 11.8. The SMILES string of the molecule is C=C1CC[C@]2(C)[C@@H]([C@H](C)CCCC(C)(C)O)CC[C@H]2/C1=C\C=C1\C[C@@H](O)C[C@H](O)[C@@H]1C. The smallest absolute Gasteiger partial charge is 0.0627 e. The summed E-state index contributed by atoms with van der Waals surface area (Å²) in [6.07, 6.45) is 12.7. The monoisotopic (exact) mass is 430 g/mol. The molecule has 3 N–H and O–H groups in total. The Morgan fingerprint density at radius 2 is 1.94 bits per heavy atom. The van der Waals surface area contributed by atoms with Crippen LogP contribution in [0.25, 0.3) is 0 Å². The first-order valence-electron chi connectivity index (χ1n) is 12.6. The molecule has 0 aromatic rings. The molecule has 0 saturated heterocycles. The number of fused-ring (bicyclic) bond motifs is 1. The molecular weight excluding hydrogens is 384 g/mol. The normalized spacial score (nSPS) is 40.4. The Bertz CT molecular complexity index is 712. The zero-order chi connectivity index (χ0) is 23.0. The summed E-state index contributed by atoms with van der Waals surface area (Å²) in [6, 6.07) is 0. The van der Waals surface area contributed by atoms with Gasteiger partial charge in [0.1, 0.15) is 0 Å². The van der Waals surface area contributed by atoms with Crippen LogP contribution in [0.1, 0.15) is 92.4 Å². The second-order valence-corrected chi connectivity index (χ2v) is 11.8. The largest absolute Gasteiger partial charge is 0.393 e. The summed E-state index contributed by atoms with van der Waals surface area (Å²) in [5.74, 6) is 2.06. The maximum absolute atomic E-state index is 10.3. The first kappa shape index (κ1) is 24.7. The molecule has 0 aliphatic heterocycles. The average Bonchev–Trinajstić information content (AvgIpc) is 3.01. The van der Waals surface area contributed by atoms with Crippen LogP contribution < -0.4 is 0 Å². The molecule has 0 spiro atoms. The maximum atomic E-state index is 10.3. The molecule has 3 aliphatic rings. The van der Waals surface area contributed by atoms with Crippen molar-refractivity contribution in [1.29, 1.82) is 0 Å². The van der Waals surface area contributed by atoms with Crippen LogP contribution in [0.3, 0.4) is 0 Å². The molecule has 3 saturated carbocycles. The topological polar surface area (TPSA) is 60.7 Å². The van der Waals surface area contributed by atoms with E-state index in [0.29, 0.717) is 30.1 Å². The van der Waals surface area contributed by atoms with Crippen molar-refractivity contribution in [3.05, 3.63) is 35.5 Å². The van der Waals surface area contributed by atoms with Gasteiger partial charge in [-0.05, 0) is 81.1 Å². The van der Waals surface area contributed by atoms with Gasteiger partial charge in [0.05, 0.1) is 17.8 Å². The number of aliphatic hydroxyl groups excluding tert-OH is 2. The molecule has 7 atom stereocenters. The van der Waals surface area contributed by atoms with Gasteiger partial charge in [0.2, 0.25) is 0 Å². The lowest BCUT2D eigenvalue weighted by Crippen LogP contribution is -2.36. The summed E-state index contributed by atoms with van der Waals surface area (Å²) in [5, 5.41) is 30.4. The van der Waals surface area contributed by atoms with E-state index in [1.54, 1.807) is 0 Å². The second kappa shape index (κ2) is 9.53. The molecule has 3 rings (SSSR count). The van der Waals surface area contributed by atoms with Gasteiger partial charge in [-0.3, -0.25) is 0 Å². The van der Waals surface area contributed by atoms with Gasteiger partial charge < -0.3 is 15.3 Å². The predicted molar refractivity (Wildman–Crippen MR) is 129 cm³/mol. The van der Waals surface area contributed by atoms with Crippen molar-refractivity contribution < 1.29 is 15.3 Å². The summed E-state index contributed by atoms with van der Waals surface area (Å²) >= 11 is 0. The van der Waals surface area contributed by atoms with Gasteiger partial charge in [-0.1, -0.05) is 63.5 Å². The highest BCUT2D eigenvalue weighted by molar-refractivity contribution is 5.40. The molecular formula is C28H46O3. The van der Waals surface area contributed by atoms with Crippen molar-refractivity contribution in [2.24, 2.45) is 29.1 Å². The molecule has 0 unspecified atom stereocenters. The molecule has 0 bridgehead atoms. The maximum Gasteiger partial charge on any atom is 0.0627 e. The van der Waals surface area contributed by atoms with Crippen molar-refractivity contribution in [3.8, 4) is 0 Å². The van der Waals surface area contributed by atoms with Crippen LogP contribution in [0.15, 0.2) is 35.5 Å².